The fourth-order valence-electron chi connectivity index (χ4n) is 2.61. The Morgan fingerprint density at radius 3 is 2.21 bits per heavy atom. The Morgan fingerprint density at radius 1 is 0.793 bits per heavy atom. The largest absolute Gasteiger partial charge is 0.466 e. The summed E-state index contributed by atoms with van der Waals surface area (Å²) in [5.41, 5.74) is 6.69. The fraction of sp³-hybridized carbons (Fsp3) is 0.318. The second-order valence-corrected chi connectivity index (χ2v) is 7.00. The van der Waals surface area contributed by atoms with Gasteiger partial charge in [-0.1, -0.05) is 54.1 Å². The molecular weight excluding hydrogens is 392 g/mol. The lowest BCUT2D eigenvalue weighted by Gasteiger charge is -2.08. The lowest BCUT2D eigenvalue weighted by Crippen LogP contribution is -2.42. The number of carbonyl (C=O) groups excluding carboxylic acids is 3. The highest BCUT2D eigenvalue weighted by atomic mass is 35.5. The lowest BCUT2D eigenvalue weighted by molar-refractivity contribution is -0.144. The van der Waals surface area contributed by atoms with E-state index in [9.17, 15) is 14.4 Å². The van der Waals surface area contributed by atoms with Crippen LogP contribution >= 0.6 is 11.6 Å². The summed E-state index contributed by atoms with van der Waals surface area (Å²) in [7, 11) is 0. The highest BCUT2D eigenvalue weighted by molar-refractivity contribution is 6.30. The Hall–Kier alpha value is -2.86. The maximum Gasteiger partial charge on any atom is 0.305 e. The molecule has 7 heteroatoms. The maximum atomic E-state index is 11.8. The summed E-state index contributed by atoms with van der Waals surface area (Å²) in [6, 6.07) is 16.9. The van der Waals surface area contributed by atoms with Gasteiger partial charge in [-0.2, -0.15) is 0 Å². The average molecular weight is 417 g/mol. The third-order valence-corrected chi connectivity index (χ3v) is 4.37. The molecule has 6 nitrogen and oxygen atoms in total. The van der Waals surface area contributed by atoms with Crippen LogP contribution in [0.15, 0.2) is 54.6 Å². The first kappa shape index (κ1) is 22.4. The smallest absolute Gasteiger partial charge is 0.305 e. The van der Waals surface area contributed by atoms with E-state index in [0.29, 0.717) is 18.1 Å². The molecule has 0 aliphatic rings. The zero-order valence-corrected chi connectivity index (χ0v) is 16.9. The highest BCUT2D eigenvalue weighted by Crippen LogP contribution is 2.09. The molecule has 2 N–H and O–H groups in total. The Bertz CT molecular complexity index is 794. The predicted molar refractivity (Wildman–Crippen MR) is 111 cm³/mol. The summed E-state index contributed by atoms with van der Waals surface area (Å²) < 4.78 is 5.17. The minimum absolute atomic E-state index is 0.125. The topological polar surface area (TPSA) is 84.5 Å². The van der Waals surface area contributed by atoms with Crippen LogP contribution in [0.2, 0.25) is 5.02 Å². The molecule has 0 aliphatic carbocycles. The standard InChI is InChI=1S/C22H25ClN2O4/c23-19-13-11-18(12-14-19)16-21(27)25-24-20(26)9-4-10-22(28)29-15-5-8-17-6-2-1-3-7-17/h1-3,6-7,11-14H,4-5,8-10,15-16H2,(H,24,26)(H,25,27). The van der Waals surface area contributed by atoms with E-state index in [1.165, 1.54) is 5.56 Å². The van der Waals surface area contributed by atoms with Crippen molar-refractivity contribution in [1.29, 1.82) is 0 Å². The number of carbonyl (C=O) groups is 3. The van der Waals surface area contributed by atoms with Crippen molar-refractivity contribution in [3.63, 3.8) is 0 Å². The highest BCUT2D eigenvalue weighted by Gasteiger charge is 2.08. The van der Waals surface area contributed by atoms with Crippen LogP contribution in [0.25, 0.3) is 0 Å². The number of nitrogens with one attached hydrogen (secondary N) is 2. The van der Waals surface area contributed by atoms with Crippen LogP contribution in [0.1, 0.15) is 36.8 Å². The summed E-state index contributed by atoms with van der Waals surface area (Å²) in [6.07, 6.45) is 2.39. The zero-order chi connectivity index (χ0) is 20.9. The van der Waals surface area contributed by atoms with Crippen molar-refractivity contribution < 1.29 is 19.1 Å². The Balaban J connectivity index is 1.50. The Labute approximate surface area is 175 Å². The molecule has 0 bridgehead atoms. The van der Waals surface area contributed by atoms with Crippen LogP contribution in [-0.2, 0) is 32.0 Å². The quantitative estimate of drug-likeness (QED) is 0.353. The van der Waals surface area contributed by atoms with Crippen molar-refractivity contribution in [2.24, 2.45) is 0 Å². The van der Waals surface area contributed by atoms with Crippen molar-refractivity contribution in [3.8, 4) is 0 Å². The molecule has 0 heterocycles. The van der Waals surface area contributed by atoms with Gasteiger partial charge in [0.25, 0.3) is 0 Å². The van der Waals surface area contributed by atoms with Crippen LogP contribution in [-0.4, -0.2) is 24.4 Å². The van der Waals surface area contributed by atoms with Crippen LogP contribution in [0, 0.1) is 0 Å². The van der Waals surface area contributed by atoms with Crippen LogP contribution in [0.4, 0.5) is 0 Å². The van der Waals surface area contributed by atoms with Crippen LogP contribution < -0.4 is 10.9 Å². The minimum Gasteiger partial charge on any atom is -0.466 e. The van der Waals surface area contributed by atoms with Crippen LogP contribution in [0.3, 0.4) is 0 Å². The maximum absolute atomic E-state index is 11.8. The van der Waals surface area contributed by atoms with E-state index in [2.05, 4.69) is 10.9 Å². The first-order chi connectivity index (χ1) is 14.0. The summed E-state index contributed by atoms with van der Waals surface area (Å²) in [5.74, 6) is -1.01. The molecule has 0 aliphatic heterocycles. The van der Waals surface area contributed by atoms with Crippen molar-refractivity contribution in [2.75, 3.05) is 6.61 Å². The van der Waals surface area contributed by atoms with Gasteiger partial charge in [0.15, 0.2) is 0 Å². The molecule has 2 aromatic rings. The molecule has 0 saturated heterocycles. The third-order valence-electron chi connectivity index (χ3n) is 4.12. The Kier molecular flexibility index (Phi) is 9.72. The number of benzene rings is 2. The van der Waals surface area contributed by atoms with E-state index in [0.717, 1.165) is 18.4 Å². The SMILES string of the molecule is O=C(CCCC(=O)OCCCc1ccccc1)NNC(=O)Cc1ccc(Cl)cc1. The van der Waals surface area contributed by atoms with Gasteiger partial charge in [0.1, 0.15) is 0 Å². The second-order valence-electron chi connectivity index (χ2n) is 6.56. The fourth-order valence-corrected chi connectivity index (χ4v) is 2.73. The number of halogens is 1. The first-order valence-corrected chi connectivity index (χ1v) is 9.92. The van der Waals surface area contributed by atoms with Gasteiger partial charge in [-0.25, -0.2) is 0 Å². The molecule has 0 saturated carbocycles. The summed E-state index contributed by atoms with van der Waals surface area (Å²) in [6.45, 7) is 0.362. The van der Waals surface area contributed by atoms with Gasteiger partial charge in [0.2, 0.25) is 11.8 Å². The minimum atomic E-state index is -0.355. The number of rotatable bonds is 10. The average Bonchev–Trinajstić information content (AvgIpc) is 2.72. The lowest BCUT2D eigenvalue weighted by atomic mass is 10.1. The molecule has 0 fully saturated rings. The summed E-state index contributed by atoms with van der Waals surface area (Å²) in [4.78, 5) is 35.2. The van der Waals surface area contributed by atoms with E-state index in [1.54, 1.807) is 24.3 Å². The van der Waals surface area contributed by atoms with Gasteiger partial charge in [-0.15, -0.1) is 0 Å². The molecule has 0 atom stereocenters. The monoisotopic (exact) mass is 416 g/mol. The molecule has 154 valence electrons. The van der Waals surface area contributed by atoms with Gasteiger partial charge in [0.05, 0.1) is 13.0 Å². The van der Waals surface area contributed by atoms with E-state index >= 15 is 0 Å². The van der Waals surface area contributed by atoms with Crippen molar-refractivity contribution in [1.82, 2.24) is 10.9 Å². The third kappa shape index (κ3) is 9.76. The van der Waals surface area contributed by atoms with E-state index in [1.807, 2.05) is 30.3 Å². The molecule has 29 heavy (non-hydrogen) atoms. The number of esters is 1. The molecule has 2 rings (SSSR count). The van der Waals surface area contributed by atoms with E-state index in [4.69, 9.17) is 16.3 Å². The van der Waals surface area contributed by atoms with Crippen molar-refractivity contribution >= 4 is 29.4 Å². The summed E-state index contributed by atoms with van der Waals surface area (Å²) >= 11 is 5.79. The van der Waals surface area contributed by atoms with Crippen molar-refractivity contribution in [2.45, 2.75) is 38.5 Å². The molecule has 2 aromatic carbocycles. The van der Waals surface area contributed by atoms with Crippen molar-refractivity contribution in [3.05, 3.63) is 70.7 Å². The second kappa shape index (κ2) is 12.6. The van der Waals surface area contributed by atoms with Crippen LogP contribution in [0.5, 0.6) is 0 Å². The normalized spacial score (nSPS) is 10.2. The van der Waals surface area contributed by atoms with Gasteiger partial charge in [0, 0.05) is 17.9 Å². The number of hydrazine groups is 1. The molecule has 0 spiro atoms. The Morgan fingerprint density at radius 2 is 1.48 bits per heavy atom. The number of hydrogen-bond donors (Lipinski definition) is 2. The molecule has 0 aromatic heterocycles. The molecule has 0 radical (unpaired) electrons. The van der Waals surface area contributed by atoms with E-state index < -0.39 is 0 Å². The zero-order valence-electron chi connectivity index (χ0n) is 16.2. The van der Waals surface area contributed by atoms with Gasteiger partial charge >= 0.3 is 5.97 Å². The molecule has 2 amide bonds. The number of aryl methyl sites for hydroxylation is 1. The van der Waals surface area contributed by atoms with E-state index in [-0.39, 0.29) is 37.0 Å². The number of ether oxygens (including phenoxy) is 1. The number of hydrogen-bond acceptors (Lipinski definition) is 4. The summed E-state index contributed by atoms with van der Waals surface area (Å²) in [5, 5.41) is 0.595. The van der Waals surface area contributed by atoms with Gasteiger partial charge in [-0.05, 0) is 42.5 Å². The van der Waals surface area contributed by atoms with Gasteiger partial charge < -0.3 is 4.74 Å². The molecular formula is C22H25ClN2O4. The van der Waals surface area contributed by atoms with Gasteiger partial charge in [-0.3, -0.25) is 25.2 Å². The number of amides is 2. The predicted octanol–water partition coefficient (Wildman–Crippen LogP) is 3.38. The first-order valence-electron chi connectivity index (χ1n) is 9.54. The molecule has 0 unspecified atom stereocenters.